The summed E-state index contributed by atoms with van der Waals surface area (Å²) in [5.41, 5.74) is 0. The Morgan fingerprint density at radius 3 is 2.83 bits per heavy atom. The number of hydrogen-bond donors (Lipinski definition) is 1. The fourth-order valence-corrected chi connectivity index (χ4v) is 1.07. The van der Waals surface area contributed by atoms with Crippen LogP contribution in [0.5, 0.6) is 0 Å². The van der Waals surface area contributed by atoms with Crippen LogP contribution in [0.3, 0.4) is 0 Å². The van der Waals surface area contributed by atoms with E-state index in [-0.39, 0.29) is 0 Å². The predicted molar refractivity (Wildman–Crippen MR) is 51.3 cm³/mol. The lowest BCUT2D eigenvalue weighted by atomic mass is 10.3. The van der Waals surface area contributed by atoms with Crippen molar-refractivity contribution in [2.45, 2.75) is 51.7 Å². The first-order chi connectivity index (χ1) is 5.83. The third-order valence-electron chi connectivity index (χ3n) is 2.31. The Labute approximate surface area is 75.7 Å². The van der Waals surface area contributed by atoms with Crippen LogP contribution in [0, 0.1) is 0 Å². The normalized spacial score (nSPS) is 19.5. The maximum absolute atomic E-state index is 5.55. The van der Waals surface area contributed by atoms with Gasteiger partial charge in [-0.25, -0.2) is 0 Å². The van der Waals surface area contributed by atoms with E-state index in [1.165, 1.54) is 12.8 Å². The first-order valence-corrected chi connectivity index (χ1v) is 5.18. The first-order valence-electron chi connectivity index (χ1n) is 5.18. The molecule has 1 unspecified atom stereocenters. The Balaban J connectivity index is 1.75. The van der Waals surface area contributed by atoms with Crippen LogP contribution in [0.1, 0.15) is 39.5 Å². The van der Waals surface area contributed by atoms with Crippen molar-refractivity contribution in [2.75, 3.05) is 13.2 Å². The number of rotatable bonds is 7. The molecule has 1 aliphatic rings. The second-order valence-corrected chi connectivity index (χ2v) is 3.67. The number of nitrogens with one attached hydrogen (secondary N) is 1. The van der Waals surface area contributed by atoms with E-state index in [1.54, 1.807) is 0 Å². The van der Waals surface area contributed by atoms with Gasteiger partial charge >= 0.3 is 0 Å². The SMILES string of the molecule is CCC(C)OCCCNC1CC1. The summed E-state index contributed by atoms with van der Waals surface area (Å²) in [6.45, 7) is 6.33. The van der Waals surface area contributed by atoms with Crippen LogP contribution in [0.2, 0.25) is 0 Å². The van der Waals surface area contributed by atoms with E-state index in [9.17, 15) is 0 Å². The molecule has 12 heavy (non-hydrogen) atoms. The lowest BCUT2D eigenvalue weighted by Crippen LogP contribution is -2.19. The van der Waals surface area contributed by atoms with Crippen molar-refractivity contribution in [1.29, 1.82) is 0 Å². The predicted octanol–water partition coefficient (Wildman–Crippen LogP) is 1.94. The van der Waals surface area contributed by atoms with E-state index in [4.69, 9.17) is 4.74 Å². The van der Waals surface area contributed by atoms with Gasteiger partial charge in [-0.3, -0.25) is 0 Å². The van der Waals surface area contributed by atoms with E-state index in [0.717, 1.165) is 32.0 Å². The molecule has 0 aliphatic heterocycles. The molecule has 0 radical (unpaired) electrons. The maximum atomic E-state index is 5.55. The zero-order valence-electron chi connectivity index (χ0n) is 8.31. The van der Waals surface area contributed by atoms with Crippen LogP contribution >= 0.6 is 0 Å². The Hall–Kier alpha value is -0.0800. The highest BCUT2D eigenvalue weighted by atomic mass is 16.5. The van der Waals surface area contributed by atoms with Crippen LogP contribution in [-0.4, -0.2) is 25.3 Å². The summed E-state index contributed by atoms with van der Waals surface area (Å²) in [6, 6.07) is 0.841. The highest BCUT2D eigenvalue weighted by Crippen LogP contribution is 2.18. The summed E-state index contributed by atoms with van der Waals surface area (Å²) < 4.78 is 5.55. The van der Waals surface area contributed by atoms with Gasteiger partial charge in [-0.2, -0.15) is 0 Å². The Kier molecular flexibility index (Phi) is 4.62. The molecule has 1 fully saturated rings. The smallest absolute Gasteiger partial charge is 0.0544 e. The van der Waals surface area contributed by atoms with Gasteiger partial charge in [0.05, 0.1) is 6.10 Å². The van der Waals surface area contributed by atoms with Gasteiger partial charge in [0, 0.05) is 12.6 Å². The molecule has 0 saturated heterocycles. The summed E-state index contributed by atoms with van der Waals surface area (Å²) in [4.78, 5) is 0. The van der Waals surface area contributed by atoms with Crippen LogP contribution in [0.15, 0.2) is 0 Å². The van der Waals surface area contributed by atoms with Crippen molar-refractivity contribution < 1.29 is 4.74 Å². The van der Waals surface area contributed by atoms with Crippen molar-refractivity contribution in [2.24, 2.45) is 0 Å². The Bertz CT molecular complexity index is 112. The molecule has 0 heterocycles. The van der Waals surface area contributed by atoms with Gasteiger partial charge in [-0.1, -0.05) is 6.92 Å². The average Bonchev–Trinajstić information content (AvgIpc) is 2.87. The minimum absolute atomic E-state index is 0.436. The Morgan fingerprint density at radius 2 is 2.25 bits per heavy atom. The summed E-state index contributed by atoms with van der Waals surface area (Å²) in [7, 11) is 0. The fraction of sp³-hybridized carbons (Fsp3) is 1.00. The molecule has 0 aromatic carbocycles. The molecule has 0 aromatic heterocycles. The van der Waals surface area contributed by atoms with Gasteiger partial charge < -0.3 is 10.1 Å². The highest BCUT2D eigenvalue weighted by molar-refractivity contribution is 4.80. The summed E-state index contributed by atoms with van der Waals surface area (Å²) in [5.74, 6) is 0. The van der Waals surface area contributed by atoms with E-state index in [0.29, 0.717) is 6.10 Å². The topological polar surface area (TPSA) is 21.3 Å². The quantitative estimate of drug-likeness (QED) is 0.591. The monoisotopic (exact) mass is 171 g/mol. The zero-order valence-corrected chi connectivity index (χ0v) is 8.31. The molecule has 1 aliphatic carbocycles. The second-order valence-electron chi connectivity index (χ2n) is 3.67. The standard InChI is InChI=1S/C10H21NO/c1-3-9(2)12-8-4-7-11-10-5-6-10/h9-11H,3-8H2,1-2H3. The second kappa shape index (κ2) is 5.55. The summed E-state index contributed by atoms with van der Waals surface area (Å²) in [6.07, 6.45) is 5.47. The van der Waals surface area contributed by atoms with E-state index >= 15 is 0 Å². The molecule has 1 atom stereocenters. The van der Waals surface area contributed by atoms with Crippen molar-refractivity contribution in [3.63, 3.8) is 0 Å². The lowest BCUT2D eigenvalue weighted by molar-refractivity contribution is 0.0620. The summed E-state index contributed by atoms with van der Waals surface area (Å²) >= 11 is 0. The molecule has 1 rings (SSSR count). The van der Waals surface area contributed by atoms with Crippen LogP contribution in [0.4, 0.5) is 0 Å². The van der Waals surface area contributed by atoms with Gasteiger partial charge in [-0.15, -0.1) is 0 Å². The van der Waals surface area contributed by atoms with Gasteiger partial charge in [0.2, 0.25) is 0 Å². The van der Waals surface area contributed by atoms with Crippen molar-refractivity contribution >= 4 is 0 Å². The van der Waals surface area contributed by atoms with Gasteiger partial charge in [-0.05, 0) is 39.2 Å². The first kappa shape index (κ1) is 10.0. The molecule has 1 N–H and O–H groups in total. The maximum Gasteiger partial charge on any atom is 0.0544 e. The van der Waals surface area contributed by atoms with Crippen molar-refractivity contribution in [3.8, 4) is 0 Å². The van der Waals surface area contributed by atoms with E-state index < -0.39 is 0 Å². The van der Waals surface area contributed by atoms with Crippen molar-refractivity contribution in [3.05, 3.63) is 0 Å². The molecule has 0 bridgehead atoms. The van der Waals surface area contributed by atoms with Crippen LogP contribution in [0.25, 0.3) is 0 Å². The molecule has 2 nitrogen and oxygen atoms in total. The number of ether oxygens (including phenoxy) is 1. The summed E-state index contributed by atoms with van der Waals surface area (Å²) in [5, 5.41) is 3.47. The van der Waals surface area contributed by atoms with Gasteiger partial charge in [0.25, 0.3) is 0 Å². The third-order valence-corrected chi connectivity index (χ3v) is 2.31. The third kappa shape index (κ3) is 4.73. The molecule has 0 amide bonds. The molecular formula is C10H21NO. The largest absolute Gasteiger partial charge is 0.378 e. The van der Waals surface area contributed by atoms with Crippen LogP contribution in [-0.2, 0) is 4.74 Å². The Morgan fingerprint density at radius 1 is 1.50 bits per heavy atom. The lowest BCUT2D eigenvalue weighted by Gasteiger charge is -2.10. The molecule has 1 saturated carbocycles. The molecule has 0 aromatic rings. The van der Waals surface area contributed by atoms with Gasteiger partial charge in [0.15, 0.2) is 0 Å². The van der Waals surface area contributed by atoms with Crippen molar-refractivity contribution in [1.82, 2.24) is 5.32 Å². The average molecular weight is 171 g/mol. The van der Waals surface area contributed by atoms with E-state index in [2.05, 4.69) is 19.2 Å². The minimum atomic E-state index is 0.436. The highest BCUT2D eigenvalue weighted by Gasteiger charge is 2.19. The molecule has 0 spiro atoms. The van der Waals surface area contributed by atoms with E-state index in [1.807, 2.05) is 0 Å². The zero-order chi connectivity index (χ0) is 8.81. The fourth-order valence-electron chi connectivity index (χ4n) is 1.07. The number of hydrogen-bond acceptors (Lipinski definition) is 2. The minimum Gasteiger partial charge on any atom is -0.378 e. The molecule has 2 heteroatoms. The molecule has 72 valence electrons. The van der Waals surface area contributed by atoms with Crippen LogP contribution < -0.4 is 5.32 Å². The molecular weight excluding hydrogens is 150 g/mol. The van der Waals surface area contributed by atoms with Gasteiger partial charge in [0.1, 0.15) is 0 Å².